The van der Waals surface area contributed by atoms with E-state index in [4.69, 9.17) is 5.73 Å². The highest BCUT2D eigenvalue weighted by molar-refractivity contribution is 5.78. The Morgan fingerprint density at radius 1 is 0.886 bits per heavy atom. The summed E-state index contributed by atoms with van der Waals surface area (Å²) < 4.78 is 0.691. The van der Waals surface area contributed by atoms with Crippen LogP contribution in [-0.2, 0) is 14.4 Å². The summed E-state index contributed by atoms with van der Waals surface area (Å²) in [5.41, 5.74) is 5.43. The molecule has 0 heterocycles. The molecule has 0 aliphatic heterocycles. The van der Waals surface area contributed by atoms with Gasteiger partial charge in [0, 0.05) is 71.5 Å². The Morgan fingerprint density at radius 3 is 2.03 bits per heavy atom. The molecule has 1 unspecified atom stereocenters. The quantitative estimate of drug-likeness (QED) is 0.101. The minimum Gasteiger partial charge on any atom is -0.386 e. The number of nitrogens with one attached hydrogen (secondary N) is 3. The monoisotopic (exact) mass is 501 g/mol. The lowest BCUT2D eigenvalue weighted by atomic mass is 10.0. The maximum Gasteiger partial charge on any atom is 0.221 e. The molecule has 0 saturated carbocycles. The van der Waals surface area contributed by atoms with Gasteiger partial charge in [-0.3, -0.25) is 14.4 Å². The third-order valence-corrected chi connectivity index (χ3v) is 5.47. The van der Waals surface area contributed by atoms with Crippen LogP contribution in [0.4, 0.5) is 0 Å². The number of rotatable bonds is 22. The molecule has 35 heavy (non-hydrogen) atoms. The summed E-state index contributed by atoms with van der Waals surface area (Å²) in [4.78, 5) is 38.4. The van der Waals surface area contributed by atoms with Gasteiger partial charge in [-0.1, -0.05) is 13.8 Å². The predicted molar refractivity (Wildman–Crippen MR) is 141 cm³/mol. The second kappa shape index (κ2) is 19.6. The number of likely N-dealkylation sites (N-methyl/N-ethyl adjacent to an activating group) is 1. The molecule has 1 atom stereocenters. The number of carbonyl (C=O) groups is 3. The number of aliphatic hydroxyl groups excluding tert-OH is 1. The first-order valence-electron chi connectivity index (χ1n) is 13.1. The first-order valence-corrected chi connectivity index (χ1v) is 13.1. The molecule has 0 saturated heterocycles. The summed E-state index contributed by atoms with van der Waals surface area (Å²) in [6.45, 7) is 9.04. The highest BCUT2D eigenvalue weighted by Crippen LogP contribution is 2.08. The van der Waals surface area contributed by atoms with E-state index in [1.165, 1.54) is 0 Å². The van der Waals surface area contributed by atoms with Crippen LogP contribution in [0.2, 0.25) is 0 Å². The molecule has 10 heteroatoms. The summed E-state index contributed by atoms with van der Waals surface area (Å²) in [6.07, 6.45) is 3.01. The molecule has 0 aromatic heterocycles. The number of ketones is 1. The smallest absolute Gasteiger partial charge is 0.221 e. The van der Waals surface area contributed by atoms with Gasteiger partial charge in [0.05, 0.1) is 21.1 Å². The van der Waals surface area contributed by atoms with Crippen molar-refractivity contribution in [2.75, 3.05) is 80.0 Å². The molecule has 2 amide bonds. The van der Waals surface area contributed by atoms with E-state index >= 15 is 0 Å². The van der Waals surface area contributed by atoms with E-state index in [-0.39, 0.29) is 17.6 Å². The number of amides is 2. The average Bonchev–Trinajstić information content (AvgIpc) is 2.76. The van der Waals surface area contributed by atoms with Crippen molar-refractivity contribution < 1.29 is 24.0 Å². The molecule has 0 bridgehead atoms. The van der Waals surface area contributed by atoms with Crippen molar-refractivity contribution in [3.05, 3.63) is 0 Å². The Labute approximate surface area is 212 Å². The fourth-order valence-corrected chi connectivity index (χ4v) is 3.57. The second-order valence-corrected chi connectivity index (χ2v) is 10.7. The number of nitrogens with two attached hydrogens (primary N) is 1. The van der Waals surface area contributed by atoms with E-state index in [2.05, 4.69) is 34.7 Å². The van der Waals surface area contributed by atoms with Crippen LogP contribution in [0, 0.1) is 5.92 Å². The Morgan fingerprint density at radius 2 is 1.49 bits per heavy atom. The van der Waals surface area contributed by atoms with Gasteiger partial charge >= 0.3 is 0 Å². The van der Waals surface area contributed by atoms with Crippen LogP contribution < -0.4 is 21.7 Å². The predicted octanol–water partition coefficient (Wildman–Crippen LogP) is -0.298. The number of aliphatic hydroxyl groups is 1. The number of nitrogens with zero attached hydrogens (tertiary/aromatic N) is 2. The zero-order valence-corrected chi connectivity index (χ0v) is 22.9. The standard InChI is InChI=1S/C25H52N6O4/c1-21(2)8-9-22(32)7-6-16-30(17-10-24(34)28-13-12-26)18-11-25(35)29-15-14-27-19-23(33)20-31(3,4)5/h21,23,27,33H,6-20,26H2,1-5H3,(H-,28,29,34,35)/p+1. The maximum atomic E-state index is 12.3. The van der Waals surface area contributed by atoms with E-state index in [0.29, 0.717) is 95.0 Å². The van der Waals surface area contributed by atoms with Crippen LogP contribution in [0.25, 0.3) is 0 Å². The van der Waals surface area contributed by atoms with Crippen molar-refractivity contribution in [2.24, 2.45) is 11.7 Å². The molecule has 0 radical (unpaired) electrons. The van der Waals surface area contributed by atoms with Crippen molar-refractivity contribution in [2.45, 2.75) is 58.5 Å². The summed E-state index contributed by atoms with van der Waals surface area (Å²) in [5, 5.41) is 18.8. The molecule has 0 aromatic carbocycles. The highest BCUT2D eigenvalue weighted by atomic mass is 16.3. The number of carbonyl (C=O) groups excluding carboxylic acids is 3. The van der Waals surface area contributed by atoms with E-state index in [1.807, 2.05) is 21.1 Å². The molecule has 10 nitrogen and oxygen atoms in total. The number of quaternary nitrogens is 1. The van der Waals surface area contributed by atoms with Gasteiger partial charge in [-0.2, -0.15) is 0 Å². The third kappa shape index (κ3) is 22.6. The van der Waals surface area contributed by atoms with Gasteiger partial charge < -0.3 is 36.2 Å². The van der Waals surface area contributed by atoms with Gasteiger partial charge in [0.1, 0.15) is 18.4 Å². The van der Waals surface area contributed by atoms with Crippen LogP contribution in [0.1, 0.15) is 52.4 Å². The van der Waals surface area contributed by atoms with E-state index < -0.39 is 6.10 Å². The Kier molecular flexibility index (Phi) is 18.7. The fourth-order valence-electron chi connectivity index (χ4n) is 3.57. The number of hydrogen-bond donors (Lipinski definition) is 5. The lowest BCUT2D eigenvalue weighted by molar-refractivity contribution is -0.873. The van der Waals surface area contributed by atoms with Crippen molar-refractivity contribution in [1.82, 2.24) is 20.9 Å². The van der Waals surface area contributed by atoms with Crippen LogP contribution in [0.5, 0.6) is 0 Å². The molecule has 0 aromatic rings. The average molecular weight is 502 g/mol. The van der Waals surface area contributed by atoms with Crippen LogP contribution in [0.15, 0.2) is 0 Å². The van der Waals surface area contributed by atoms with E-state index in [9.17, 15) is 19.5 Å². The Balaban J connectivity index is 4.32. The van der Waals surface area contributed by atoms with Crippen molar-refractivity contribution in [3.8, 4) is 0 Å². The van der Waals surface area contributed by atoms with Gasteiger partial charge in [-0.25, -0.2) is 0 Å². The van der Waals surface area contributed by atoms with Crippen molar-refractivity contribution in [1.29, 1.82) is 0 Å². The Bertz CT molecular complexity index is 595. The normalized spacial score (nSPS) is 12.7. The second-order valence-electron chi connectivity index (χ2n) is 10.7. The zero-order chi connectivity index (χ0) is 26.7. The lowest BCUT2D eigenvalue weighted by Crippen LogP contribution is -2.45. The summed E-state index contributed by atoms with van der Waals surface area (Å²) >= 11 is 0. The van der Waals surface area contributed by atoms with Gasteiger partial charge in [0.15, 0.2) is 0 Å². The third-order valence-electron chi connectivity index (χ3n) is 5.47. The molecule has 0 spiro atoms. The van der Waals surface area contributed by atoms with Gasteiger partial charge in [0.2, 0.25) is 11.8 Å². The number of hydrogen-bond acceptors (Lipinski definition) is 7. The molecule has 0 rings (SSSR count). The van der Waals surface area contributed by atoms with Crippen molar-refractivity contribution >= 4 is 17.6 Å². The first kappa shape index (κ1) is 33.4. The molecule has 206 valence electrons. The van der Waals surface area contributed by atoms with E-state index in [1.54, 1.807) is 0 Å². The minimum absolute atomic E-state index is 0.0516. The SMILES string of the molecule is CC(C)CCC(=O)CCCN(CCC(=O)NCCN)CCC(=O)NCCNCC(O)C[N+](C)(C)C. The van der Waals surface area contributed by atoms with Crippen molar-refractivity contribution in [3.63, 3.8) is 0 Å². The Hall–Kier alpha value is -1.59. The maximum absolute atomic E-state index is 12.3. The van der Waals surface area contributed by atoms with E-state index in [0.717, 1.165) is 12.8 Å². The zero-order valence-electron chi connectivity index (χ0n) is 22.9. The summed E-state index contributed by atoms with van der Waals surface area (Å²) in [6, 6.07) is 0. The highest BCUT2D eigenvalue weighted by Gasteiger charge is 2.15. The fraction of sp³-hybridized carbons (Fsp3) is 0.880. The molecular formula is C25H53N6O4+. The van der Waals surface area contributed by atoms with Gasteiger partial charge in [0.25, 0.3) is 0 Å². The number of Topliss-reactive ketones (excluding diaryl/α,β-unsaturated/α-hetero) is 1. The van der Waals surface area contributed by atoms with Crippen LogP contribution >= 0.6 is 0 Å². The largest absolute Gasteiger partial charge is 0.386 e. The van der Waals surface area contributed by atoms with Crippen LogP contribution in [0.3, 0.4) is 0 Å². The molecule has 0 fully saturated rings. The molecular weight excluding hydrogens is 448 g/mol. The van der Waals surface area contributed by atoms with Crippen LogP contribution in [-0.4, -0.2) is 118 Å². The lowest BCUT2D eigenvalue weighted by Gasteiger charge is -2.26. The molecule has 6 N–H and O–H groups in total. The molecule has 0 aliphatic rings. The van der Waals surface area contributed by atoms with Gasteiger partial charge in [-0.15, -0.1) is 0 Å². The van der Waals surface area contributed by atoms with Gasteiger partial charge in [-0.05, 0) is 25.3 Å². The topological polar surface area (TPSA) is 137 Å². The summed E-state index contributed by atoms with van der Waals surface area (Å²) in [5.74, 6) is 0.681. The minimum atomic E-state index is -0.432. The molecule has 0 aliphatic carbocycles. The summed E-state index contributed by atoms with van der Waals surface area (Å²) in [7, 11) is 6.10. The first-order chi connectivity index (χ1) is 16.4.